The lowest BCUT2D eigenvalue weighted by molar-refractivity contribution is -0.140. The van der Waals surface area contributed by atoms with Crippen molar-refractivity contribution in [3.63, 3.8) is 0 Å². The largest absolute Gasteiger partial charge is 0.338 e. The quantitative estimate of drug-likeness (QED) is 0.293. The van der Waals surface area contributed by atoms with Gasteiger partial charge in [0.1, 0.15) is 5.82 Å². The van der Waals surface area contributed by atoms with Crippen molar-refractivity contribution in [2.24, 2.45) is 23.2 Å². The molecular weight excluding hydrogens is 460 g/mol. The summed E-state index contributed by atoms with van der Waals surface area (Å²) in [6, 6.07) is 22.7. The second-order valence-corrected chi connectivity index (χ2v) is 11.4. The van der Waals surface area contributed by atoms with E-state index in [0.29, 0.717) is 5.56 Å². The third-order valence-electron chi connectivity index (χ3n) is 8.71. The highest BCUT2D eigenvalue weighted by atomic mass is 16.2. The maximum atomic E-state index is 13.5. The smallest absolute Gasteiger partial charge is 0.255 e. The van der Waals surface area contributed by atoms with Gasteiger partial charge < -0.3 is 15.6 Å². The Bertz CT molecular complexity index is 1450. The predicted molar refractivity (Wildman–Crippen MR) is 145 cm³/mol. The molecular formula is C31H30N4O2. The molecule has 4 saturated carbocycles. The van der Waals surface area contributed by atoms with E-state index in [1.807, 2.05) is 60.7 Å². The van der Waals surface area contributed by atoms with Gasteiger partial charge in [-0.15, -0.1) is 0 Å². The molecule has 4 aromatic rings. The fourth-order valence-electron chi connectivity index (χ4n) is 7.38. The lowest BCUT2D eigenvalue weighted by atomic mass is 9.49. The number of H-pyrrole nitrogens is 1. The summed E-state index contributed by atoms with van der Waals surface area (Å²) >= 11 is 0. The highest BCUT2D eigenvalue weighted by Gasteiger charge is 2.54. The summed E-state index contributed by atoms with van der Waals surface area (Å²) in [5.74, 6) is 3.05. The number of amides is 2. The van der Waals surface area contributed by atoms with Gasteiger partial charge in [-0.3, -0.25) is 9.59 Å². The van der Waals surface area contributed by atoms with Crippen LogP contribution in [0.1, 0.15) is 48.9 Å². The number of hydrogen-bond donors (Lipinski definition) is 3. The monoisotopic (exact) mass is 490 g/mol. The molecule has 0 spiro atoms. The van der Waals surface area contributed by atoms with E-state index in [4.69, 9.17) is 4.98 Å². The second-order valence-electron chi connectivity index (χ2n) is 11.4. The molecule has 6 heteroatoms. The van der Waals surface area contributed by atoms with Gasteiger partial charge in [0.15, 0.2) is 0 Å². The lowest BCUT2D eigenvalue weighted by Gasteiger charge is -2.55. The van der Waals surface area contributed by atoms with Crippen LogP contribution in [0, 0.1) is 23.2 Å². The molecule has 3 N–H and O–H groups in total. The number of carbonyl (C=O) groups is 2. The van der Waals surface area contributed by atoms with Crippen LogP contribution in [0.2, 0.25) is 0 Å². The van der Waals surface area contributed by atoms with E-state index in [-0.39, 0.29) is 17.2 Å². The third-order valence-corrected chi connectivity index (χ3v) is 8.71. The van der Waals surface area contributed by atoms with Gasteiger partial charge in [-0.25, -0.2) is 4.98 Å². The number of anilines is 2. The Labute approximate surface area is 215 Å². The number of nitrogens with one attached hydrogen (secondary N) is 3. The topological polar surface area (TPSA) is 86.9 Å². The van der Waals surface area contributed by atoms with E-state index in [9.17, 15) is 9.59 Å². The minimum Gasteiger partial charge on any atom is -0.338 e. The van der Waals surface area contributed by atoms with E-state index >= 15 is 0 Å². The number of hydrogen-bond acceptors (Lipinski definition) is 3. The van der Waals surface area contributed by atoms with Gasteiger partial charge in [0.05, 0.1) is 16.4 Å². The summed E-state index contributed by atoms with van der Waals surface area (Å²) in [7, 11) is 0. The lowest BCUT2D eigenvalue weighted by Crippen LogP contribution is -2.51. The molecule has 4 aliphatic rings. The Balaban J connectivity index is 1.06. The van der Waals surface area contributed by atoms with Crippen molar-refractivity contribution in [1.29, 1.82) is 0 Å². The molecule has 0 saturated heterocycles. The summed E-state index contributed by atoms with van der Waals surface area (Å²) in [5.41, 5.74) is 4.67. The van der Waals surface area contributed by atoms with Gasteiger partial charge in [0.2, 0.25) is 5.91 Å². The molecule has 8 rings (SSSR count). The maximum Gasteiger partial charge on any atom is 0.255 e. The summed E-state index contributed by atoms with van der Waals surface area (Å²) in [6.07, 6.45) is 7.16. The van der Waals surface area contributed by atoms with E-state index < -0.39 is 0 Å². The van der Waals surface area contributed by atoms with Crippen LogP contribution >= 0.6 is 0 Å². The summed E-state index contributed by atoms with van der Waals surface area (Å²) < 4.78 is 0. The molecule has 1 heterocycles. The summed E-state index contributed by atoms with van der Waals surface area (Å²) in [5, 5.41) is 6.18. The maximum absolute atomic E-state index is 13.5. The number of aromatic nitrogens is 2. The van der Waals surface area contributed by atoms with Crippen molar-refractivity contribution in [2.45, 2.75) is 38.5 Å². The fourth-order valence-corrected chi connectivity index (χ4v) is 7.38. The Morgan fingerprint density at radius 1 is 0.784 bits per heavy atom. The van der Waals surface area contributed by atoms with E-state index in [0.717, 1.165) is 70.8 Å². The number of carbonyl (C=O) groups excluding carboxylic acids is 2. The molecule has 4 aliphatic carbocycles. The predicted octanol–water partition coefficient (Wildman–Crippen LogP) is 6.64. The zero-order valence-electron chi connectivity index (χ0n) is 20.7. The van der Waals surface area contributed by atoms with E-state index in [1.165, 1.54) is 19.3 Å². The Morgan fingerprint density at radius 3 is 2.11 bits per heavy atom. The van der Waals surface area contributed by atoms with Gasteiger partial charge in [0, 0.05) is 22.5 Å². The first kappa shape index (κ1) is 22.3. The molecule has 4 bridgehead atoms. The summed E-state index contributed by atoms with van der Waals surface area (Å²) in [4.78, 5) is 34.0. The Morgan fingerprint density at radius 2 is 1.43 bits per heavy atom. The number of benzene rings is 3. The van der Waals surface area contributed by atoms with Gasteiger partial charge in [-0.05, 0) is 111 Å². The highest BCUT2D eigenvalue weighted by Crippen LogP contribution is 2.60. The minimum atomic E-state index is -0.166. The number of imidazole rings is 1. The van der Waals surface area contributed by atoms with Crippen molar-refractivity contribution in [2.75, 3.05) is 10.6 Å². The van der Waals surface area contributed by atoms with Crippen LogP contribution < -0.4 is 10.6 Å². The fraction of sp³-hybridized carbons (Fsp3) is 0.323. The average molecular weight is 491 g/mol. The first-order valence-electron chi connectivity index (χ1n) is 13.3. The molecule has 4 fully saturated rings. The minimum absolute atomic E-state index is 0.139. The third kappa shape index (κ3) is 4.10. The van der Waals surface area contributed by atoms with Crippen molar-refractivity contribution < 1.29 is 9.59 Å². The second kappa shape index (κ2) is 8.58. The molecule has 186 valence electrons. The van der Waals surface area contributed by atoms with Crippen LogP contribution in [0.15, 0.2) is 72.8 Å². The molecule has 0 aliphatic heterocycles. The Kier molecular flexibility index (Phi) is 5.17. The average Bonchev–Trinajstić information content (AvgIpc) is 3.32. The number of nitrogens with zero attached hydrogens (tertiary/aromatic N) is 1. The van der Waals surface area contributed by atoms with Crippen LogP contribution in [-0.4, -0.2) is 21.8 Å². The number of rotatable bonds is 5. The normalized spacial score (nSPS) is 25.8. The molecule has 37 heavy (non-hydrogen) atoms. The first-order valence-corrected chi connectivity index (χ1v) is 13.3. The molecule has 0 atom stereocenters. The molecule has 0 radical (unpaired) electrons. The van der Waals surface area contributed by atoms with E-state index in [2.05, 4.69) is 15.6 Å². The van der Waals surface area contributed by atoms with E-state index in [1.54, 1.807) is 12.1 Å². The zero-order chi connectivity index (χ0) is 25.0. The summed E-state index contributed by atoms with van der Waals surface area (Å²) in [6.45, 7) is 0. The number of aromatic amines is 1. The van der Waals surface area contributed by atoms with Gasteiger partial charge >= 0.3 is 0 Å². The van der Waals surface area contributed by atoms with Gasteiger partial charge in [-0.2, -0.15) is 0 Å². The van der Waals surface area contributed by atoms with Crippen LogP contribution in [0.4, 0.5) is 11.4 Å². The van der Waals surface area contributed by atoms with Gasteiger partial charge in [0.25, 0.3) is 5.91 Å². The van der Waals surface area contributed by atoms with Crippen LogP contribution in [0.3, 0.4) is 0 Å². The molecule has 1 aromatic heterocycles. The van der Waals surface area contributed by atoms with Gasteiger partial charge in [-0.1, -0.05) is 18.2 Å². The Hall–Kier alpha value is -3.93. The van der Waals surface area contributed by atoms with Crippen molar-refractivity contribution in [3.05, 3.63) is 78.4 Å². The van der Waals surface area contributed by atoms with Crippen LogP contribution in [-0.2, 0) is 4.79 Å². The number of fused-ring (bicyclic) bond motifs is 1. The first-order chi connectivity index (χ1) is 18.0. The van der Waals surface area contributed by atoms with Crippen molar-refractivity contribution in [3.8, 4) is 11.4 Å². The van der Waals surface area contributed by atoms with Crippen molar-refractivity contribution >= 4 is 34.2 Å². The zero-order valence-corrected chi connectivity index (χ0v) is 20.7. The molecule has 3 aromatic carbocycles. The standard InChI is InChI=1S/C31H30N4O2/c36-29(23-4-2-1-3-5-23)32-24-8-6-22(7-9-24)28-34-26-11-10-25(15-27(26)35-28)33-30(37)31-16-19-12-20(17-31)14-21(13-19)18-31/h1-11,15,19-21H,12-14,16-18H2,(H,32,36)(H,33,37)(H,34,35). The molecule has 2 amide bonds. The van der Waals surface area contributed by atoms with Crippen LogP contribution in [0.25, 0.3) is 22.4 Å². The highest BCUT2D eigenvalue weighted by molar-refractivity contribution is 6.04. The van der Waals surface area contributed by atoms with Crippen LogP contribution in [0.5, 0.6) is 0 Å². The molecule has 6 nitrogen and oxygen atoms in total. The van der Waals surface area contributed by atoms with Crippen molar-refractivity contribution in [1.82, 2.24) is 9.97 Å². The SMILES string of the molecule is O=C(Nc1ccc(-c2nc3ccc(NC(=O)C45CC6CC(CC(C6)C4)C5)cc3[nH]2)cc1)c1ccccc1. The molecule has 0 unspecified atom stereocenters.